The second-order valence-electron chi connectivity index (χ2n) is 16.4. The van der Waals surface area contributed by atoms with E-state index in [-0.39, 0.29) is 46.1 Å². The van der Waals surface area contributed by atoms with Crippen LogP contribution in [0.2, 0.25) is 0 Å². The lowest BCUT2D eigenvalue weighted by Gasteiger charge is -2.40. The van der Waals surface area contributed by atoms with Crippen molar-refractivity contribution < 1.29 is 37.5 Å². The molecule has 0 radical (unpaired) electrons. The molecule has 270 valence electrons. The van der Waals surface area contributed by atoms with E-state index in [1.807, 2.05) is 13.8 Å². The van der Waals surface area contributed by atoms with Crippen LogP contribution in [0.15, 0.2) is 29.2 Å². The maximum absolute atomic E-state index is 14.4. The van der Waals surface area contributed by atoms with Gasteiger partial charge in [0, 0.05) is 6.54 Å². The molecular weight excluding hydrogens is 650 g/mol. The number of piperidine rings is 1. The number of nitrogens with one attached hydrogen (secondary N) is 3. The topological polar surface area (TPSA) is 205 Å². The Bertz CT molecular complexity index is 1610. The zero-order chi connectivity index (χ0) is 36.1. The van der Waals surface area contributed by atoms with Crippen molar-refractivity contribution >= 4 is 39.4 Å². The standard InChI is InChI=1S/C35H51N5O8S/c1-33(2,3)28(38-32(46)39-35(14-7-6-8-15-35)19-49(47,48)22-11-9-10-21(41)17-22)31(45)40-18-23-25(34(23,4)5)26(40)30(44)37-24(16-20-12-13-20)27(42)29(36)43/h9-11,17,20,23-26,28,41H,6-8,12-16,18-19H2,1-5H3,(H2,36,43)(H,37,44)(H2,38,39,46)/t23-,24?,25-,26-,28+/m0/s1. The van der Waals surface area contributed by atoms with Gasteiger partial charge in [0.15, 0.2) is 9.84 Å². The lowest BCUT2D eigenvalue weighted by molar-refractivity contribution is -0.145. The molecule has 1 saturated heterocycles. The lowest BCUT2D eigenvalue weighted by atomic mass is 9.83. The molecule has 1 aliphatic heterocycles. The molecule has 5 atom stereocenters. The number of phenolic OH excluding ortho intramolecular Hbond substituents is 1. The van der Waals surface area contributed by atoms with Crippen LogP contribution in [-0.4, -0.2) is 83.9 Å². The third kappa shape index (κ3) is 7.89. The van der Waals surface area contributed by atoms with E-state index in [0.29, 0.717) is 32.1 Å². The van der Waals surface area contributed by atoms with Crippen LogP contribution >= 0.6 is 0 Å². The van der Waals surface area contributed by atoms with Crippen molar-refractivity contribution in [3.63, 3.8) is 0 Å². The predicted molar refractivity (Wildman–Crippen MR) is 181 cm³/mol. The molecule has 0 aromatic heterocycles. The summed E-state index contributed by atoms with van der Waals surface area (Å²) in [5.74, 6) is -3.45. The molecule has 1 aromatic rings. The molecule has 5 rings (SSSR count). The molecule has 6 N–H and O–H groups in total. The van der Waals surface area contributed by atoms with Gasteiger partial charge in [-0.2, -0.15) is 0 Å². The van der Waals surface area contributed by atoms with Gasteiger partial charge in [-0.1, -0.05) is 72.8 Å². The fourth-order valence-corrected chi connectivity index (χ4v) is 9.88. The number of urea groups is 1. The summed E-state index contributed by atoms with van der Waals surface area (Å²) in [5, 5.41) is 18.4. The third-order valence-electron chi connectivity index (χ3n) is 11.1. The van der Waals surface area contributed by atoms with E-state index in [4.69, 9.17) is 5.73 Å². The first kappa shape index (κ1) is 36.6. The summed E-state index contributed by atoms with van der Waals surface area (Å²) in [4.78, 5) is 68.0. The molecule has 1 heterocycles. The van der Waals surface area contributed by atoms with Crippen LogP contribution in [0.25, 0.3) is 0 Å². The number of phenols is 1. The number of nitrogens with two attached hydrogens (primary N) is 1. The van der Waals surface area contributed by atoms with Gasteiger partial charge in [0.25, 0.3) is 5.91 Å². The number of fused-ring (bicyclic) bond motifs is 1. The van der Waals surface area contributed by atoms with Gasteiger partial charge >= 0.3 is 6.03 Å². The van der Waals surface area contributed by atoms with Crippen molar-refractivity contribution in [3.05, 3.63) is 24.3 Å². The lowest BCUT2D eigenvalue weighted by Crippen LogP contribution is -2.63. The van der Waals surface area contributed by atoms with Crippen LogP contribution in [0.1, 0.15) is 86.0 Å². The summed E-state index contributed by atoms with van der Waals surface area (Å²) in [7, 11) is -3.90. The van der Waals surface area contributed by atoms with Gasteiger partial charge in [-0.25, -0.2) is 13.2 Å². The van der Waals surface area contributed by atoms with Crippen LogP contribution < -0.4 is 21.7 Å². The Morgan fingerprint density at radius 3 is 2.27 bits per heavy atom. The zero-order valence-corrected chi connectivity index (χ0v) is 29.9. The van der Waals surface area contributed by atoms with Gasteiger partial charge in [0.05, 0.1) is 22.2 Å². The van der Waals surface area contributed by atoms with E-state index in [0.717, 1.165) is 19.3 Å². The van der Waals surface area contributed by atoms with Crippen LogP contribution in [-0.2, 0) is 29.0 Å². The fourth-order valence-electron chi connectivity index (χ4n) is 8.04. The average molecular weight is 702 g/mol. The maximum Gasteiger partial charge on any atom is 0.315 e. The first-order valence-electron chi connectivity index (χ1n) is 17.3. The molecule has 4 aliphatic rings. The zero-order valence-electron chi connectivity index (χ0n) is 29.1. The smallest absolute Gasteiger partial charge is 0.315 e. The van der Waals surface area contributed by atoms with Crippen molar-refractivity contribution in [1.82, 2.24) is 20.9 Å². The Morgan fingerprint density at radius 1 is 1.04 bits per heavy atom. The highest BCUT2D eigenvalue weighted by molar-refractivity contribution is 7.91. The normalized spacial score (nSPS) is 25.3. The van der Waals surface area contributed by atoms with E-state index in [1.54, 1.807) is 20.8 Å². The van der Waals surface area contributed by atoms with Crippen molar-refractivity contribution in [3.8, 4) is 5.75 Å². The van der Waals surface area contributed by atoms with Crippen LogP contribution in [0, 0.1) is 28.6 Å². The van der Waals surface area contributed by atoms with Gasteiger partial charge in [-0.15, -0.1) is 0 Å². The number of likely N-dealkylation sites (tertiary alicyclic amines) is 1. The van der Waals surface area contributed by atoms with Gasteiger partial charge in [-0.3, -0.25) is 19.2 Å². The number of nitrogens with zero attached hydrogens (tertiary/aromatic N) is 1. The molecule has 0 spiro atoms. The predicted octanol–water partition coefficient (Wildman–Crippen LogP) is 2.41. The number of carbonyl (C=O) groups is 5. The van der Waals surface area contributed by atoms with Crippen molar-refractivity contribution in [1.29, 1.82) is 0 Å². The number of ketones is 1. The minimum Gasteiger partial charge on any atom is -0.508 e. The Morgan fingerprint density at radius 2 is 1.69 bits per heavy atom. The highest BCUT2D eigenvalue weighted by Gasteiger charge is 2.70. The van der Waals surface area contributed by atoms with E-state index >= 15 is 0 Å². The van der Waals surface area contributed by atoms with E-state index in [2.05, 4.69) is 16.0 Å². The van der Waals surface area contributed by atoms with Gasteiger partial charge in [0.2, 0.25) is 17.6 Å². The van der Waals surface area contributed by atoms with Crippen LogP contribution in [0.4, 0.5) is 4.79 Å². The number of benzene rings is 1. The number of hydrogen-bond acceptors (Lipinski definition) is 8. The number of Topliss-reactive ketones (excluding diaryl/α,β-unsaturated/α-hetero) is 1. The Kier molecular flexibility index (Phi) is 9.87. The summed E-state index contributed by atoms with van der Waals surface area (Å²) in [6.07, 6.45) is 5.26. The summed E-state index contributed by atoms with van der Waals surface area (Å²) < 4.78 is 27.0. The van der Waals surface area contributed by atoms with E-state index < -0.39 is 68.5 Å². The molecule has 49 heavy (non-hydrogen) atoms. The molecule has 1 aromatic carbocycles. The first-order valence-corrected chi connectivity index (χ1v) is 19.0. The molecule has 0 bridgehead atoms. The average Bonchev–Trinajstić information content (AvgIpc) is 3.85. The number of aromatic hydroxyl groups is 1. The molecule has 13 nitrogen and oxygen atoms in total. The quantitative estimate of drug-likeness (QED) is 0.204. The van der Waals surface area contributed by atoms with Gasteiger partial charge in [-0.05, 0) is 66.0 Å². The number of carbonyl (C=O) groups excluding carboxylic acids is 5. The number of rotatable bonds is 12. The largest absolute Gasteiger partial charge is 0.508 e. The molecule has 4 fully saturated rings. The molecular formula is C35H51N5O8S. The second kappa shape index (κ2) is 13.2. The monoisotopic (exact) mass is 701 g/mol. The Labute approximate surface area is 288 Å². The van der Waals surface area contributed by atoms with Crippen molar-refractivity contribution in [2.45, 2.75) is 115 Å². The van der Waals surface area contributed by atoms with Crippen molar-refractivity contribution in [2.24, 2.45) is 34.3 Å². The Balaban J connectivity index is 1.35. The molecule has 14 heteroatoms. The maximum atomic E-state index is 14.4. The van der Waals surface area contributed by atoms with Crippen LogP contribution in [0.5, 0.6) is 5.75 Å². The first-order chi connectivity index (χ1) is 22.8. The van der Waals surface area contributed by atoms with Gasteiger partial charge in [0.1, 0.15) is 17.8 Å². The molecule has 5 amide bonds. The SMILES string of the molecule is CC(C)(C)[C@H](NC(=O)NC1(CS(=O)(=O)c2cccc(O)c2)CCCCC1)C(=O)N1C[C@H]2[C@@H]([C@H]1C(=O)NC(CC1CC1)C(=O)C(N)=O)C2(C)C. The third-order valence-corrected chi connectivity index (χ3v) is 13.0. The fraction of sp³-hybridized carbons (Fsp3) is 0.686. The van der Waals surface area contributed by atoms with E-state index in [9.17, 15) is 37.5 Å². The molecule has 3 saturated carbocycles. The summed E-state index contributed by atoms with van der Waals surface area (Å²) >= 11 is 0. The number of hydrogen-bond donors (Lipinski definition) is 5. The van der Waals surface area contributed by atoms with Gasteiger partial charge < -0.3 is 31.7 Å². The summed E-state index contributed by atoms with van der Waals surface area (Å²) in [5.41, 5.74) is 3.18. The van der Waals surface area contributed by atoms with Crippen molar-refractivity contribution in [2.75, 3.05) is 12.3 Å². The minimum atomic E-state index is -3.90. The van der Waals surface area contributed by atoms with E-state index in [1.165, 1.54) is 29.2 Å². The molecule has 3 aliphatic carbocycles. The summed E-state index contributed by atoms with van der Waals surface area (Å²) in [6.45, 7) is 9.74. The Hall–Kier alpha value is -3.68. The van der Waals surface area contributed by atoms with Crippen LogP contribution in [0.3, 0.4) is 0 Å². The highest BCUT2D eigenvalue weighted by atomic mass is 32.2. The number of amides is 5. The summed E-state index contributed by atoms with van der Waals surface area (Å²) in [6, 6.07) is 1.68. The molecule has 1 unspecified atom stereocenters. The second-order valence-corrected chi connectivity index (χ2v) is 18.3. The number of primary amides is 1. The minimum absolute atomic E-state index is 0.0310. The highest BCUT2D eigenvalue weighted by Crippen LogP contribution is 2.65. The number of sulfone groups is 1.